The van der Waals surface area contributed by atoms with Gasteiger partial charge in [-0.25, -0.2) is 0 Å². The number of amides is 2. The molecule has 3 aromatic rings. The van der Waals surface area contributed by atoms with Crippen LogP contribution in [0.5, 0.6) is 5.75 Å². The van der Waals surface area contributed by atoms with E-state index in [2.05, 4.69) is 16.0 Å². The molecular weight excluding hydrogens is 402 g/mol. The molecule has 3 rings (SSSR count). The molecule has 0 saturated carbocycles. The minimum atomic E-state index is -0.323. The highest BCUT2D eigenvalue weighted by atomic mass is 16.5. The van der Waals surface area contributed by atoms with E-state index in [0.717, 1.165) is 5.56 Å². The van der Waals surface area contributed by atoms with Crippen LogP contribution in [0.3, 0.4) is 0 Å². The number of hydrogen-bond acceptors (Lipinski definition) is 4. The highest BCUT2D eigenvalue weighted by molar-refractivity contribution is 5.97. The predicted molar refractivity (Wildman–Crippen MR) is 128 cm³/mol. The molecule has 0 saturated heterocycles. The van der Waals surface area contributed by atoms with Crippen molar-refractivity contribution in [3.8, 4) is 5.75 Å². The molecule has 0 aliphatic carbocycles. The first kappa shape index (κ1) is 22.9. The summed E-state index contributed by atoms with van der Waals surface area (Å²) in [7, 11) is 0. The molecule has 32 heavy (non-hydrogen) atoms. The smallest absolute Gasteiger partial charge is 0.251 e. The van der Waals surface area contributed by atoms with Crippen molar-refractivity contribution in [1.29, 1.82) is 0 Å². The van der Waals surface area contributed by atoms with Crippen LogP contribution in [-0.4, -0.2) is 23.9 Å². The Bertz CT molecular complexity index is 1060. The molecular formula is C26H29N3O3. The number of nitrogens with one attached hydrogen (secondary N) is 3. The monoisotopic (exact) mass is 431 g/mol. The van der Waals surface area contributed by atoms with E-state index in [1.54, 1.807) is 24.3 Å². The summed E-state index contributed by atoms with van der Waals surface area (Å²) in [5.41, 5.74) is 2.55. The van der Waals surface area contributed by atoms with Crippen LogP contribution in [0.2, 0.25) is 0 Å². The number of hydrogen-bond donors (Lipinski definition) is 3. The van der Waals surface area contributed by atoms with Gasteiger partial charge in [-0.1, -0.05) is 48.5 Å². The van der Waals surface area contributed by atoms with E-state index in [0.29, 0.717) is 29.3 Å². The third kappa shape index (κ3) is 7.16. The van der Waals surface area contributed by atoms with Gasteiger partial charge in [0.2, 0.25) is 5.91 Å². The summed E-state index contributed by atoms with van der Waals surface area (Å²) in [6, 6.07) is 24.2. The number of para-hydroxylation sites is 2. The fraction of sp³-hybridized carbons (Fsp3) is 0.231. The number of carbonyl (C=O) groups excluding carboxylic acids is 2. The van der Waals surface area contributed by atoms with Crippen LogP contribution in [0, 0.1) is 0 Å². The predicted octanol–water partition coefficient (Wildman–Crippen LogP) is 4.84. The molecule has 0 aliphatic heterocycles. The zero-order chi connectivity index (χ0) is 23.0. The standard InChI is InChI=1S/C26H29N3O3/c1-26(2,3)29-25(31)20-12-9-13-21(16-20)27-17-24(30)28-22-14-7-8-15-23(22)32-18-19-10-5-4-6-11-19/h4-16,27H,17-18H2,1-3H3,(H,28,30)(H,29,31). The summed E-state index contributed by atoms with van der Waals surface area (Å²) in [5, 5.41) is 8.88. The second kappa shape index (κ2) is 10.5. The van der Waals surface area contributed by atoms with Crippen LogP contribution >= 0.6 is 0 Å². The Morgan fingerprint density at radius 3 is 2.34 bits per heavy atom. The van der Waals surface area contributed by atoms with Crippen molar-refractivity contribution in [1.82, 2.24) is 5.32 Å². The van der Waals surface area contributed by atoms with Crippen molar-refractivity contribution in [2.75, 3.05) is 17.2 Å². The molecule has 6 nitrogen and oxygen atoms in total. The van der Waals surface area contributed by atoms with Crippen LogP contribution in [0.1, 0.15) is 36.7 Å². The molecule has 0 atom stereocenters. The molecule has 0 bridgehead atoms. The maximum absolute atomic E-state index is 12.5. The Morgan fingerprint density at radius 2 is 1.59 bits per heavy atom. The van der Waals surface area contributed by atoms with E-state index in [4.69, 9.17) is 4.74 Å². The van der Waals surface area contributed by atoms with Gasteiger partial charge < -0.3 is 20.7 Å². The van der Waals surface area contributed by atoms with E-state index in [1.165, 1.54) is 0 Å². The Balaban J connectivity index is 1.56. The lowest BCUT2D eigenvalue weighted by Crippen LogP contribution is -2.40. The summed E-state index contributed by atoms with van der Waals surface area (Å²) in [5.74, 6) is 0.228. The van der Waals surface area contributed by atoms with Gasteiger partial charge in [-0.05, 0) is 56.7 Å². The van der Waals surface area contributed by atoms with Gasteiger partial charge in [0, 0.05) is 16.8 Å². The van der Waals surface area contributed by atoms with E-state index >= 15 is 0 Å². The van der Waals surface area contributed by atoms with Crippen molar-refractivity contribution in [3.05, 3.63) is 90.0 Å². The molecule has 0 spiro atoms. The van der Waals surface area contributed by atoms with E-state index in [1.807, 2.05) is 75.4 Å². The summed E-state index contributed by atoms with van der Waals surface area (Å²) in [6.07, 6.45) is 0. The first-order valence-corrected chi connectivity index (χ1v) is 10.5. The first-order chi connectivity index (χ1) is 15.3. The number of ether oxygens (including phenoxy) is 1. The highest BCUT2D eigenvalue weighted by Gasteiger charge is 2.15. The first-order valence-electron chi connectivity index (χ1n) is 10.5. The molecule has 3 aromatic carbocycles. The summed E-state index contributed by atoms with van der Waals surface area (Å²) >= 11 is 0. The van der Waals surface area contributed by atoms with Crippen molar-refractivity contribution >= 4 is 23.2 Å². The van der Waals surface area contributed by atoms with Gasteiger partial charge in [-0.2, -0.15) is 0 Å². The molecule has 0 heterocycles. The van der Waals surface area contributed by atoms with Gasteiger partial charge >= 0.3 is 0 Å². The molecule has 6 heteroatoms. The van der Waals surface area contributed by atoms with Crippen LogP contribution in [-0.2, 0) is 11.4 Å². The quantitative estimate of drug-likeness (QED) is 0.477. The largest absolute Gasteiger partial charge is 0.487 e. The maximum Gasteiger partial charge on any atom is 0.251 e. The van der Waals surface area contributed by atoms with Crippen molar-refractivity contribution in [2.45, 2.75) is 32.9 Å². The summed E-state index contributed by atoms with van der Waals surface area (Å²) < 4.78 is 5.89. The van der Waals surface area contributed by atoms with E-state index in [9.17, 15) is 9.59 Å². The topological polar surface area (TPSA) is 79.5 Å². The molecule has 166 valence electrons. The Morgan fingerprint density at radius 1 is 0.875 bits per heavy atom. The van der Waals surface area contributed by atoms with Crippen molar-refractivity contribution in [3.63, 3.8) is 0 Å². The second-order valence-electron chi connectivity index (χ2n) is 8.46. The van der Waals surface area contributed by atoms with Gasteiger partial charge in [-0.3, -0.25) is 9.59 Å². The number of carbonyl (C=O) groups is 2. The number of anilines is 2. The molecule has 0 unspecified atom stereocenters. The number of rotatable bonds is 8. The molecule has 0 fully saturated rings. The van der Waals surface area contributed by atoms with Crippen LogP contribution in [0.4, 0.5) is 11.4 Å². The maximum atomic E-state index is 12.5. The Labute approximate surface area is 189 Å². The van der Waals surface area contributed by atoms with Crippen LogP contribution in [0.25, 0.3) is 0 Å². The lowest BCUT2D eigenvalue weighted by atomic mass is 10.1. The van der Waals surface area contributed by atoms with E-state index in [-0.39, 0.29) is 23.9 Å². The van der Waals surface area contributed by atoms with Gasteiger partial charge in [0.05, 0.1) is 12.2 Å². The Hall–Kier alpha value is -3.80. The highest BCUT2D eigenvalue weighted by Crippen LogP contribution is 2.24. The van der Waals surface area contributed by atoms with Gasteiger partial charge in [0.15, 0.2) is 0 Å². The second-order valence-corrected chi connectivity index (χ2v) is 8.46. The summed E-state index contributed by atoms with van der Waals surface area (Å²) in [4.78, 5) is 24.9. The molecule has 0 aliphatic rings. The van der Waals surface area contributed by atoms with Crippen molar-refractivity contribution in [2.24, 2.45) is 0 Å². The SMILES string of the molecule is CC(C)(C)NC(=O)c1cccc(NCC(=O)Nc2ccccc2OCc2ccccc2)c1. The van der Waals surface area contributed by atoms with Gasteiger partial charge in [0.25, 0.3) is 5.91 Å². The zero-order valence-corrected chi connectivity index (χ0v) is 18.6. The lowest BCUT2D eigenvalue weighted by Gasteiger charge is -2.20. The molecule has 2 amide bonds. The molecule has 0 radical (unpaired) electrons. The van der Waals surface area contributed by atoms with Crippen LogP contribution in [0.15, 0.2) is 78.9 Å². The van der Waals surface area contributed by atoms with Gasteiger partial charge in [0.1, 0.15) is 12.4 Å². The minimum Gasteiger partial charge on any atom is -0.487 e. The summed E-state index contributed by atoms with van der Waals surface area (Å²) in [6.45, 7) is 6.25. The van der Waals surface area contributed by atoms with Crippen LogP contribution < -0.4 is 20.7 Å². The normalized spacial score (nSPS) is 10.8. The van der Waals surface area contributed by atoms with Gasteiger partial charge in [-0.15, -0.1) is 0 Å². The average molecular weight is 432 g/mol. The zero-order valence-electron chi connectivity index (χ0n) is 18.6. The lowest BCUT2D eigenvalue weighted by molar-refractivity contribution is -0.114. The number of benzene rings is 3. The minimum absolute atomic E-state index is 0.0529. The Kier molecular flexibility index (Phi) is 7.49. The average Bonchev–Trinajstić information content (AvgIpc) is 2.77. The third-order valence-electron chi connectivity index (χ3n) is 4.46. The third-order valence-corrected chi connectivity index (χ3v) is 4.46. The fourth-order valence-corrected chi connectivity index (χ4v) is 2.99. The van der Waals surface area contributed by atoms with Crippen molar-refractivity contribution < 1.29 is 14.3 Å². The molecule has 0 aromatic heterocycles. The fourth-order valence-electron chi connectivity index (χ4n) is 2.99. The molecule has 3 N–H and O–H groups in total. The van der Waals surface area contributed by atoms with E-state index < -0.39 is 0 Å².